The fraction of sp³-hybridized carbons (Fsp3) is 0.143. The minimum atomic E-state index is -0.327. The molecule has 0 spiro atoms. The molecule has 0 saturated heterocycles. The van der Waals surface area contributed by atoms with Gasteiger partial charge in [-0.3, -0.25) is 0 Å². The van der Waals surface area contributed by atoms with E-state index in [1.54, 1.807) is 0 Å². The average molecular weight is 330 g/mol. The molecule has 0 amide bonds. The molecule has 1 heterocycles. The summed E-state index contributed by atoms with van der Waals surface area (Å²) in [4.78, 5) is 0. The minimum Gasteiger partial charge on any atom is -0.481 e. The molecule has 0 radical (unpaired) electrons. The summed E-state index contributed by atoms with van der Waals surface area (Å²) < 4.78 is 11.8. The molecule has 1 aromatic heterocycles. The van der Waals surface area contributed by atoms with Crippen LogP contribution in [0.5, 0.6) is 5.75 Å². The monoisotopic (exact) mass is 330 g/mol. The van der Waals surface area contributed by atoms with Gasteiger partial charge in [0.25, 0.3) is 5.89 Å². The van der Waals surface area contributed by atoms with Crippen LogP contribution in [0.1, 0.15) is 24.5 Å². The molecule has 124 valence electrons. The summed E-state index contributed by atoms with van der Waals surface area (Å²) >= 11 is 0. The van der Waals surface area contributed by atoms with Crippen LogP contribution in [0.3, 0.4) is 0 Å². The van der Waals surface area contributed by atoms with E-state index in [9.17, 15) is 0 Å². The van der Waals surface area contributed by atoms with Crippen LogP contribution in [0.4, 0.5) is 0 Å². The topological polar surface area (TPSA) is 48.2 Å². The highest BCUT2D eigenvalue weighted by molar-refractivity contribution is 5.83. The first-order chi connectivity index (χ1) is 12.2. The normalized spacial score (nSPS) is 12.2. The van der Waals surface area contributed by atoms with Gasteiger partial charge in [0.2, 0.25) is 5.89 Å². The molecule has 0 fully saturated rings. The molecule has 25 heavy (non-hydrogen) atoms. The lowest BCUT2D eigenvalue weighted by atomic mass is 10.1. The molecule has 0 aliphatic rings. The van der Waals surface area contributed by atoms with Gasteiger partial charge in [0.1, 0.15) is 5.75 Å². The molecular formula is C21H18N2O2. The zero-order valence-corrected chi connectivity index (χ0v) is 14.1. The Balaban J connectivity index is 1.55. The van der Waals surface area contributed by atoms with Crippen LogP contribution in [-0.4, -0.2) is 10.2 Å². The predicted octanol–water partition coefficient (Wildman–Crippen LogP) is 5.34. The van der Waals surface area contributed by atoms with Gasteiger partial charge in [-0.1, -0.05) is 48.0 Å². The van der Waals surface area contributed by atoms with E-state index in [1.165, 1.54) is 5.39 Å². The summed E-state index contributed by atoms with van der Waals surface area (Å²) in [5.41, 5.74) is 2.06. The number of ether oxygens (including phenoxy) is 1. The molecule has 0 N–H and O–H groups in total. The van der Waals surface area contributed by atoms with Crippen LogP contribution in [0.2, 0.25) is 0 Å². The molecule has 4 nitrogen and oxygen atoms in total. The molecule has 4 heteroatoms. The van der Waals surface area contributed by atoms with Crippen molar-refractivity contribution >= 4 is 10.8 Å². The number of hydrogen-bond donors (Lipinski definition) is 0. The van der Waals surface area contributed by atoms with E-state index in [2.05, 4.69) is 22.3 Å². The van der Waals surface area contributed by atoms with Gasteiger partial charge in [-0.2, -0.15) is 0 Å². The van der Waals surface area contributed by atoms with Gasteiger partial charge in [-0.05, 0) is 48.9 Å². The summed E-state index contributed by atoms with van der Waals surface area (Å²) in [5, 5.41) is 10.6. The number of nitrogens with zero attached hydrogens (tertiary/aromatic N) is 2. The molecule has 0 aliphatic heterocycles. The number of fused-ring (bicyclic) bond motifs is 1. The van der Waals surface area contributed by atoms with E-state index in [0.29, 0.717) is 11.8 Å². The van der Waals surface area contributed by atoms with Crippen molar-refractivity contribution < 1.29 is 9.15 Å². The van der Waals surface area contributed by atoms with Crippen LogP contribution >= 0.6 is 0 Å². The molecule has 0 bridgehead atoms. The second-order valence-electron chi connectivity index (χ2n) is 6.08. The average Bonchev–Trinajstić information content (AvgIpc) is 3.12. The fourth-order valence-electron chi connectivity index (χ4n) is 2.79. The first-order valence-corrected chi connectivity index (χ1v) is 8.25. The minimum absolute atomic E-state index is 0.327. The van der Waals surface area contributed by atoms with Crippen molar-refractivity contribution in [3.05, 3.63) is 78.2 Å². The molecular weight excluding hydrogens is 312 g/mol. The first kappa shape index (κ1) is 15.4. The number of benzene rings is 3. The first-order valence-electron chi connectivity index (χ1n) is 8.25. The Hall–Kier alpha value is -3.14. The molecule has 4 rings (SSSR count). The van der Waals surface area contributed by atoms with E-state index in [0.717, 1.165) is 22.3 Å². The summed E-state index contributed by atoms with van der Waals surface area (Å²) in [6.07, 6.45) is -0.327. The maximum Gasteiger partial charge on any atom is 0.257 e. The van der Waals surface area contributed by atoms with Crippen LogP contribution in [0.25, 0.3) is 22.2 Å². The third-order valence-corrected chi connectivity index (χ3v) is 4.09. The van der Waals surface area contributed by atoms with Crippen molar-refractivity contribution in [1.29, 1.82) is 0 Å². The predicted molar refractivity (Wildman–Crippen MR) is 97.5 cm³/mol. The van der Waals surface area contributed by atoms with E-state index in [1.807, 2.05) is 68.4 Å². The van der Waals surface area contributed by atoms with Gasteiger partial charge in [0.05, 0.1) is 0 Å². The Morgan fingerprint density at radius 1 is 0.880 bits per heavy atom. The maximum absolute atomic E-state index is 5.99. The third-order valence-electron chi connectivity index (χ3n) is 4.09. The van der Waals surface area contributed by atoms with Crippen molar-refractivity contribution in [2.75, 3.05) is 0 Å². The lowest BCUT2D eigenvalue weighted by Crippen LogP contribution is -2.03. The molecule has 1 atom stereocenters. The van der Waals surface area contributed by atoms with Crippen molar-refractivity contribution in [3.8, 4) is 17.2 Å². The van der Waals surface area contributed by atoms with Crippen LogP contribution in [-0.2, 0) is 0 Å². The largest absolute Gasteiger partial charge is 0.481 e. The summed E-state index contributed by atoms with van der Waals surface area (Å²) in [6.45, 7) is 3.94. The quantitative estimate of drug-likeness (QED) is 0.507. The second-order valence-corrected chi connectivity index (χ2v) is 6.08. The van der Waals surface area contributed by atoms with Crippen molar-refractivity contribution in [3.63, 3.8) is 0 Å². The maximum atomic E-state index is 5.99. The Kier molecular flexibility index (Phi) is 3.94. The molecule has 1 unspecified atom stereocenters. The number of hydrogen-bond acceptors (Lipinski definition) is 4. The summed E-state index contributed by atoms with van der Waals surface area (Å²) in [6, 6.07) is 22.2. The fourth-order valence-corrected chi connectivity index (χ4v) is 2.79. The highest BCUT2D eigenvalue weighted by Gasteiger charge is 2.16. The Morgan fingerprint density at radius 2 is 1.72 bits per heavy atom. The van der Waals surface area contributed by atoms with Gasteiger partial charge in [0.15, 0.2) is 6.10 Å². The SMILES string of the molecule is Cc1cccc(-c2nnc(C(C)Oc3ccc4ccccc4c3)o2)c1. The highest BCUT2D eigenvalue weighted by atomic mass is 16.5. The molecule has 0 saturated carbocycles. The molecule has 0 aliphatic carbocycles. The van der Waals surface area contributed by atoms with Crippen molar-refractivity contribution in [2.45, 2.75) is 20.0 Å². The van der Waals surface area contributed by atoms with Crippen LogP contribution in [0.15, 0.2) is 71.1 Å². The van der Waals surface area contributed by atoms with Crippen molar-refractivity contribution in [1.82, 2.24) is 10.2 Å². The number of aromatic nitrogens is 2. The van der Waals surface area contributed by atoms with E-state index in [-0.39, 0.29) is 6.10 Å². The van der Waals surface area contributed by atoms with Gasteiger partial charge >= 0.3 is 0 Å². The molecule has 3 aromatic carbocycles. The Bertz CT molecular complexity index is 1020. The Morgan fingerprint density at radius 3 is 2.56 bits per heavy atom. The summed E-state index contributed by atoms with van der Waals surface area (Å²) in [5.74, 6) is 1.75. The van der Waals surface area contributed by atoms with Crippen LogP contribution < -0.4 is 4.74 Å². The molecule has 4 aromatic rings. The van der Waals surface area contributed by atoms with Gasteiger partial charge in [-0.25, -0.2) is 0 Å². The van der Waals surface area contributed by atoms with E-state index < -0.39 is 0 Å². The highest BCUT2D eigenvalue weighted by Crippen LogP contribution is 2.27. The number of rotatable bonds is 4. The lowest BCUT2D eigenvalue weighted by Gasteiger charge is -2.11. The third kappa shape index (κ3) is 3.24. The summed E-state index contributed by atoms with van der Waals surface area (Å²) in [7, 11) is 0. The van der Waals surface area contributed by atoms with Gasteiger partial charge in [0, 0.05) is 5.56 Å². The van der Waals surface area contributed by atoms with E-state index in [4.69, 9.17) is 9.15 Å². The Labute approximate surface area is 146 Å². The van der Waals surface area contributed by atoms with Crippen LogP contribution in [0, 0.1) is 6.92 Å². The second kappa shape index (κ2) is 6.40. The lowest BCUT2D eigenvalue weighted by molar-refractivity contribution is 0.190. The van der Waals surface area contributed by atoms with Gasteiger partial charge in [-0.15, -0.1) is 10.2 Å². The van der Waals surface area contributed by atoms with E-state index >= 15 is 0 Å². The smallest absolute Gasteiger partial charge is 0.257 e. The number of aryl methyl sites for hydroxylation is 1. The van der Waals surface area contributed by atoms with Gasteiger partial charge < -0.3 is 9.15 Å². The zero-order chi connectivity index (χ0) is 17.2. The zero-order valence-electron chi connectivity index (χ0n) is 14.1. The standard InChI is InChI=1S/C21H18N2O2/c1-14-6-5-9-18(12-14)21-23-22-20(25-21)15(2)24-19-11-10-16-7-3-4-8-17(16)13-19/h3-13,15H,1-2H3. The van der Waals surface area contributed by atoms with Crippen molar-refractivity contribution in [2.24, 2.45) is 0 Å².